The van der Waals surface area contributed by atoms with Crippen molar-refractivity contribution in [3.05, 3.63) is 0 Å². The van der Waals surface area contributed by atoms with Gasteiger partial charge in [0.1, 0.15) is 0 Å². The van der Waals surface area contributed by atoms with Crippen LogP contribution in [0.25, 0.3) is 0 Å². The molecule has 3 nitrogen and oxygen atoms in total. The minimum atomic E-state index is -2.17. The zero-order valence-corrected chi connectivity index (χ0v) is 1.92. The fourth-order valence-electron chi connectivity index (χ4n) is 0. The Morgan fingerprint density at radius 1 is 1.00 bits per heavy atom. The first-order chi connectivity index (χ1) is 1.73. The molecule has 5 heteroatoms. The van der Waals surface area contributed by atoms with Crippen molar-refractivity contribution < 1.29 is 15.1 Å². The summed E-state index contributed by atoms with van der Waals surface area (Å²) < 4.78 is 0. The van der Waals surface area contributed by atoms with E-state index in [1.54, 1.807) is 0 Å². The van der Waals surface area contributed by atoms with Gasteiger partial charge < -0.3 is 15.1 Å². The molecule has 0 aromatic carbocycles. The fourth-order valence-corrected chi connectivity index (χ4v) is 0. The van der Waals surface area contributed by atoms with Gasteiger partial charge in [-0.3, -0.25) is 0 Å². The Hall–Kier alpha value is 2.00. The third-order valence-corrected chi connectivity index (χ3v) is 0. The van der Waals surface area contributed by atoms with E-state index in [4.69, 9.17) is 15.1 Å². The molecule has 5 heavy (non-hydrogen) atoms. The van der Waals surface area contributed by atoms with Gasteiger partial charge in [0.15, 0.2) is 0 Å². The summed E-state index contributed by atoms with van der Waals surface area (Å²) in [5.41, 5.74) is 0. The van der Waals surface area contributed by atoms with Crippen LogP contribution in [0, 0.1) is 0 Å². The molecule has 0 aliphatic carbocycles. The molecular formula is H4BCsO3. The van der Waals surface area contributed by atoms with Crippen molar-refractivity contribution in [2.24, 2.45) is 0 Å². The second-order valence-electron chi connectivity index (χ2n) is 0.346. The van der Waals surface area contributed by atoms with Crippen LogP contribution in [0.5, 0.6) is 0 Å². The van der Waals surface area contributed by atoms with Crippen molar-refractivity contribution >= 4 is 76.2 Å². The van der Waals surface area contributed by atoms with Gasteiger partial charge in [-0.15, -0.1) is 0 Å². The molecule has 26 valence electrons. The van der Waals surface area contributed by atoms with E-state index in [2.05, 4.69) is 0 Å². The van der Waals surface area contributed by atoms with Crippen LogP contribution >= 0.6 is 0 Å². The molecule has 0 bridgehead atoms. The summed E-state index contributed by atoms with van der Waals surface area (Å²) in [7, 11) is -2.17. The zero-order valence-electron chi connectivity index (χ0n) is 1.92. The summed E-state index contributed by atoms with van der Waals surface area (Å²) in [5.74, 6) is 0. The van der Waals surface area contributed by atoms with Crippen molar-refractivity contribution in [2.45, 2.75) is 0 Å². The molecule has 0 heterocycles. The van der Waals surface area contributed by atoms with Gasteiger partial charge >= 0.3 is 76.2 Å². The molecule has 3 N–H and O–H groups in total. The van der Waals surface area contributed by atoms with E-state index in [1.807, 2.05) is 0 Å². The standard InChI is InChI=1S/BH3O3.Cs.H/c2-1(3)4;;/h2-4H;;. The second kappa shape index (κ2) is 6.00. The quantitative estimate of drug-likeness (QED) is 0.369. The van der Waals surface area contributed by atoms with E-state index in [0.717, 1.165) is 0 Å². The Bertz CT molecular complexity index is 11.6. The Morgan fingerprint density at radius 3 is 1.00 bits per heavy atom. The zero-order chi connectivity index (χ0) is 3.58. The summed E-state index contributed by atoms with van der Waals surface area (Å²) in [6, 6.07) is 0. The molecule has 0 saturated carbocycles. The molecule has 0 rings (SSSR count). The second-order valence-corrected chi connectivity index (χ2v) is 0.346. The first kappa shape index (κ1) is 10.1. The molecule has 0 aliphatic rings. The van der Waals surface area contributed by atoms with Gasteiger partial charge in [0.2, 0.25) is 0 Å². The molecular weight excluding hydrogens is 192 g/mol. The van der Waals surface area contributed by atoms with E-state index in [9.17, 15) is 0 Å². The van der Waals surface area contributed by atoms with Gasteiger partial charge in [-0.1, -0.05) is 0 Å². The molecule has 0 amide bonds. The number of hydrogen-bond acceptors (Lipinski definition) is 3. The summed E-state index contributed by atoms with van der Waals surface area (Å²) >= 11 is 0. The van der Waals surface area contributed by atoms with E-state index >= 15 is 0 Å². The first-order valence-electron chi connectivity index (χ1n) is 0.775. The predicted octanol–water partition coefficient (Wildman–Crippen LogP) is -2.70. The topological polar surface area (TPSA) is 60.7 Å². The summed E-state index contributed by atoms with van der Waals surface area (Å²) in [5, 5.41) is 21.5. The van der Waals surface area contributed by atoms with Gasteiger partial charge in [0, 0.05) is 0 Å². The maximum atomic E-state index is 7.17. The molecule has 0 unspecified atom stereocenters. The first-order valence-corrected chi connectivity index (χ1v) is 0.775. The Morgan fingerprint density at radius 2 is 1.00 bits per heavy atom. The van der Waals surface area contributed by atoms with Crippen LogP contribution in [0.4, 0.5) is 0 Å². The average molecular weight is 196 g/mol. The van der Waals surface area contributed by atoms with E-state index in [0.29, 0.717) is 0 Å². The molecule has 0 aromatic rings. The van der Waals surface area contributed by atoms with Crippen LogP contribution in [0.15, 0.2) is 0 Å². The Balaban J connectivity index is 0. The van der Waals surface area contributed by atoms with Crippen molar-refractivity contribution in [1.29, 1.82) is 0 Å². The number of hydrogen-bond donors (Lipinski definition) is 3. The third-order valence-electron chi connectivity index (χ3n) is 0. The van der Waals surface area contributed by atoms with Crippen LogP contribution in [-0.4, -0.2) is 91.3 Å². The molecule has 0 aliphatic heterocycles. The molecule has 0 radical (unpaired) electrons. The molecule has 0 fully saturated rings. The summed E-state index contributed by atoms with van der Waals surface area (Å²) in [6.07, 6.45) is 0. The van der Waals surface area contributed by atoms with E-state index in [-0.39, 0.29) is 68.9 Å². The van der Waals surface area contributed by atoms with Crippen LogP contribution in [-0.2, 0) is 0 Å². The number of rotatable bonds is 0. The van der Waals surface area contributed by atoms with Crippen LogP contribution in [0.1, 0.15) is 0 Å². The SMILES string of the molecule is OB(O)O.[CsH]. The molecule has 0 saturated heterocycles. The van der Waals surface area contributed by atoms with E-state index in [1.165, 1.54) is 0 Å². The molecule has 0 spiro atoms. The Kier molecular flexibility index (Phi) is 12.1. The molecule has 0 atom stereocenters. The average Bonchev–Trinajstić information content (AvgIpc) is 0.811. The Labute approximate surface area is 89.0 Å². The van der Waals surface area contributed by atoms with Crippen LogP contribution in [0.3, 0.4) is 0 Å². The van der Waals surface area contributed by atoms with Crippen molar-refractivity contribution in [2.75, 3.05) is 0 Å². The van der Waals surface area contributed by atoms with Gasteiger partial charge in [-0.05, 0) is 0 Å². The van der Waals surface area contributed by atoms with Gasteiger partial charge in [-0.25, -0.2) is 0 Å². The van der Waals surface area contributed by atoms with Gasteiger partial charge in [-0.2, -0.15) is 0 Å². The van der Waals surface area contributed by atoms with Crippen molar-refractivity contribution in [1.82, 2.24) is 0 Å². The summed E-state index contributed by atoms with van der Waals surface area (Å²) in [6.45, 7) is 0. The summed E-state index contributed by atoms with van der Waals surface area (Å²) in [4.78, 5) is 0. The van der Waals surface area contributed by atoms with Crippen molar-refractivity contribution in [3.63, 3.8) is 0 Å². The maximum absolute atomic E-state index is 7.17. The van der Waals surface area contributed by atoms with E-state index < -0.39 is 7.32 Å². The fraction of sp³-hybridized carbons (Fsp3) is 0. The predicted molar refractivity (Wildman–Crippen MR) is 19.6 cm³/mol. The van der Waals surface area contributed by atoms with Crippen molar-refractivity contribution in [3.8, 4) is 0 Å². The van der Waals surface area contributed by atoms with Gasteiger partial charge in [0.25, 0.3) is 0 Å². The molecule has 0 aromatic heterocycles. The van der Waals surface area contributed by atoms with Crippen LogP contribution in [0.2, 0.25) is 0 Å². The van der Waals surface area contributed by atoms with Gasteiger partial charge in [0.05, 0.1) is 0 Å². The van der Waals surface area contributed by atoms with Crippen LogP contribution < -0.4 is 0 Å². The minimum absolute atomic E-state index is 0. The monoisotopic (exact) mass is 196 g/mol. The normalized spacial score (nSPS) is 5.40. The third kappa shape index (κ3) is 24.0.